The van der Waals surface area contributed by atoms with E-state index in [-0.39, 0.29) is 6.03 Å². The molecule has 0 aliphatic carbocycles. The molecular formula is C29H37N7O3. The van der Waals surface area contributed by atoms with Crippen LogP contribution in [0.2, 0.25) is 0 Å². The van der Waals surface area contributed by atoms with Crippen LogP contribution in [0.1, 0.15) is 37.9 Å². The number of hydrogen-bond donors (Lipinski definition) is 2. The van der Waals surface area contributed by atoms with Crippen LogP contribution in [0.25, 0.3) is 11.4 Å². The van der Waals surface area contributed by atoms with Crippen LogP contribution in [0.3, 0.4) is 0 Å². The lowest BCUT2D eigenvalue weighted by molar-refractivity contribution is 0.122. The van der Waals surface area contributed by atoms with Crippen molar-refractivity contribution < 1.29 is 14.3 Å². The van der Waals surface area contributed by atoms with Gasteiger partial charge in [-0.15, -0.1) is 0 Å². The minimum absolute atomic E-state index is 0.224. The Morgan fingerprint density at radius 2 is 1.82 bits per heavy atom. The van der Waals surface area contributed by atoms with Gasteiger partial charge >= 0.3 is 6.03 Å². The Labute approximate surface area is 229 Å². The van der Waals surface area contributed by atoms with Crippen molar-refractivity contribution in [2.24, 2.45) is 0 Å². The van der Waals surface area contributed by atoms with Crippen molar-refractivity contribution in [2.75, 3.05) is 61.1 Å². The van der Waals surface area contributed by atoms with E-state index in [0.29, 0.717) is 50.3 Å². The molecule has 4 heterocycles. The summed E-state index contributed by atoms with van der Waals surface area (Å²) in [6.45, 7) is 9.75. The Hall–Kier alpha value is -3.92. The maximum atomic E-state index is 11.9. The molecule has 2 aromatic heterocycles. The van der Waals surface area contributed by atoms with Gasteiger partial charge in [-0.25, -0.2) is 14.8 Å². The molecular weight excluding hydrogens is 494 g/mol. The molecule has 3 aromatic rings. The third-order valence-electron chi connectivity index (χ3n) is 6.87. The Balaban J connectivity index is 1.42. The van der Waals surface area contributed by atoms with Crippen LogP contribution in [0, 0.1) is 0 Å². The van der Waals surface area contributed by atoms with Crippen molar-refractivity contribution in [2.45, 2.75) is 39.7 Å². The Bertz CT molecular complexity index is 1260. The maximum Gasteiger partial charge on any atom is 0.319 e. The zero-order chi connectivity index (χ0) is 27.0. The lowest BCUT2D eigenvalue weighted by Gasteiger charge is -2.34. The predicted octanol–water partition coefficient (Wildman–Crippen LogP) is 4.26. The van der Waals surface area contributed by atoms with Crippen molar-refractivity contribution in [3.63, 3.8) is 0 Å². The van der Waals surface area contributed by atoms with Gasteiger partial charge in [0, 0.05) is 49.1 Å². The maximum absolute atomic E-state index is 11.9. The molecule has 1 saturated heterocycles. The summed E-state index contributed by atoms with van der Waals surface area (Å²) in [5.74, 6) is 3.22. The largest absolute Gasteiger partial charge is 0.478 e. The first kappa shape index (κ1) is 26.7. The van der Waals surface area contributed by atoms with E-state index in [2.05, 4.69) is 27.4 Å². The zero-order valence-corrected chi connectivity index (χ0v) is 22.8. The van der Waals surface area contributed by atoms with E-state index in [4.69, 9.17) is 24.4 Å². The van der Waals surface area contributed by atoms with E-state index in [1.54, 1.807) is 0 Å². The standard InChI is InChI=1S/C29H37N7O3/c1-3-5-17-39-26-8-6-7-25(33-26)36-14-13-23-24(20-36)32-27(34-28(23)35-15-18-38-19-16-35)21-9-11-22(12-10-21)31-29(37)30-4-2/h6-12H,3-5,13-20H2,1-2H3,(H2,30,31,37). The number of ether oxygens (including phenoxy) is 2. The quantitative estimate of drug-likeness (QED) is 0.395. The molecule has 2 aliphatic heterocycles. The van der Waals surface area contributed by atoms with Gasteiger partial charge in [0.15, 0.2) is 5.82 Å². The van der Waals surface area contributed by atoms with E-state index in [0.717, 1.165) is 61.8 Å². The molecule has 10 nitrogen and oxygen atoms in total. The number of benzene rings is 1. The number of nitrogens with zero attached hydrogens (tertiary/aromatic N) is 5. The summed E-state index contributed by atoms with van der Waals surface area (Å²) in [7, 11) is 0. The van der Waals surface area contributed by atoms with Crippen molar-refractivity contribution in [1.29, 1.82) is 0 Å². The second-order valence-electron chi connectivity index (χ2n) is 9.66. The summed E-state index contributed by atoms with van der Waals surface area (Å²) in [6.07, 6.45) is 2.93. The van der Waals surface area contributed by atoms with Gasteiger partial charge < -0.3 is 29.9 Å². The number of unbranched alkanes of at least 4 members (excludes halogenated alkanes) is 1. The molecule has 5 rings (SSSR count). The number of morpholine rings is 1. The van der Waals surface area contributed by atoms with Crippen LogP contribution in [0.4, 0.5) is 22.1 Å². The second-order valence-corrected chi connectivity index (χ2v) is 9.66. The molecule has 0 spiro atoms. The highest BCUT2D eigenvalue weighted by Crippen LogP contribution is 2.32. The average molecular weight is 532 g/mol. The number of hydrogen-bond acceptors (Lipinski definition) is 8. The van der Waals surface area contributed by atoms with E-state index in [9.17, 15) is 4.79 Å². The topological polar surface area (TPSA) is 105 Å². The zero-order valence-electron chi connectivity index (χ0n) is 22.8. The first-order chi connectivity index (χ1) is 19.1. The molecule has 0 unspecified atom stereocenters. The molecule has 206 valence electrons. The molecule has 10 heteroatoms. The molecule has 2 N–H and O–H groups in total. The fourth-order valence-corrected chi connectivity index (χ4v) is 4.79. The monoisotopic (exact) mass is 531 g/mol. The van der Waals surface area contributed by atoms with Crippen molar-refractivity contribution >= 4 is 23.4 Å². The van der Waals surface area contributed by atoms with Gasteiger partial charge in [-0.05, 0) is 50.1 Å². The number of pyridine rings is 1. The molecule has 0 radical (unpaired) electrons. The second kappa shape index (κ2) is 12.8. The molecule has 1 aromatic carbocycles. The number of urea groups is 1. The van der Waals surface area contributed by atoms with Gasteiger partial charge in [-0.2, -0.15) is 4.98 Å². The lowest BCUT2D eigenvalue weighted by Crippen LogP contribution is -2.39. The van der Waals surface area contributed by atoms with Crippen LogP contribution in [-0.2, 0) is 17.7 Å². The van der Waals surface area contributed by atoms with Gasteiger partial charge in [0.2, 0.25) is 5.88 Å². The van der Waals surface area contributed by atoms with Crippen molar-refractivity contribution in [3.05, 3.63) is 53.7 Å². The normalized spacial score (nSPS) is 15.0. The first-order valence-electron chi connectivity index (χ1n) is 13.9. The molecule has 2 amide bonds. The van der Waals surface area contributed by atoms with E-state index >= 15 is 0 Å². The summed E-state index contributed by atoms with van der Waals surface area (Å²) in [6, 6.07) is 13.4. The molecule has 0 saturated carbocycles. The number of carbonyl (C=O) groups excluding carboxylic acids is 1. The smallest absolute Gasteiger partial charge is 0.319 e. The van der Waals surface area contributed by atoms with Crippen LogP contribution in [0.15, 0.2) is 42.5 Å². The number of fused-ring (bicyclic) bond motifs is 1. The van der Waals surface area contributed by atoms with E-state index in [1.807, 2.05) is 49.4 Å². The number of nitrogens with one attached hydrogen (secondary N) is 2. The van der Waals surface area contributed by atoms with E-state index < -0.39 is 0 Å². The molecule has 2 aliphatic rings. The Morgan fingerprint density at radius 1 is 1.00 bits per heavy atom. The van der Waals surface area contributed by atoms with Crippen LogP contribution in [-0.4, -0.2) is 67.0 Å². The number of amides is 2. The van der Waals surface area contributed by atoms with Gasteiger partial charge in [0.1, 0.15) is 11.6 Å². The fourth-order valence-electron chi connectivity index (χ4n) is 4.79. The van der Waals surface area contributed by atoms with Gasteiger partial charge in [0.05, 0.1) is 32.1 Å². The first-order valence-corrected chi connectivity index (χ1v) is 13.9. The third kappa shape index (κ3) is 6.57. The summed E-state index contributed by atoms with van der Waals surface area (Å²) < 4.78 is 11.5. The van der Waals surface area contributed by atoms with Gasteiger partial charge in [-0.3, -0.25) is 0 Å². The highest BCUT2D eigenvalue weighted by molar-refractivity contribution is 5.89. The molecule has 0 atom stereocenters. The molecule has 39 heavy (non-hydrogen) atoms. The average Bonchev–Trinajstić information content (AvgIpc) is 2.97. The molecule has 0 bridgehead atoms. The summed E-state index contributed by atoms with van der Waals surface area (Å²) in [4.78, 5) is 31.4. The third-order valence-corrected chi connectivity index (χ3v) is 6.87. The van der Waals surface area contributed by atoms with Crippen molar-refractivity contribution in [1.82, 2.24) is 20.3 Å². The lowest BCUT2D eigenvalue weighted by atomic mass is 10.0. The van der Waals surface area contributed by atoms with Crippen molar-refractivity contribution in [3.8, 4) is 17.3 Å². The van der Waals surface area contributed by atoms with Gasteiger partial charge in [0.25, 0.3) is 0 Å². The van der Waals surface area contributed by atoms with Crippen LogP contribution >= 0.6 is 0 Å². The SMILES string of the molecule is CCCCOc1cccc(N2CCc3c(nc(-c4ccc(NC(=O)NCC)cc4)nc3N3CCOCC3)C2)n1. The fraction of sp³-hybridized carbons (Fsp3) is 0.448. The summed E-state index contributed by atoms with van der Waals surface area (Å²) in [5.41, 5.74) is 3.82. The van der Waals surface area contributed by atoms with Gasteiger partial charge in [-0.1, -0.05) is 19.4 Å². The van der Waals surface area contributed by atoms with Crippen LogP contribution < -0.4 is 25.2 Å². The highest BCUT2D eigenvalue weighted by atomic mass is 16.5. The number of carbonyl (C=O) groups is 1. The Morgan fingerprint density at radius 3 is 2.59 bits per heavy atom. The summed E-state index contributed by atoms with van der Waals surface area (Å²) >= 11 is 0. The van der Waals surface area contributed by atoms with Crippen LogP contribution in [0.5, 0.6) is 5.88 Å². The minimum atomic E-state index is -0.224. The Kier molecular flexibility index (Phi) is 8.72. The number of aromatic nitrogens is 3. The predicted molar refractivity (Wildman–Crippen MR) is 153 cm³/mol. The molecule has 1 fully saturated rings. The number of rotatable bonds is 9. The minimum Gasteiger partial charge on any atom is -0.478 e. The van der Waals surface area contributed by atoms with E-state index in [1.165, 1.54) is 5.56 Å². The summed E-state index contributed by atoms with van der Waals surface area (Å²) in [5, 5.41) is 5.59. The number of anilines is 3. The highest BCUT2D eigenvalue weighted by Gasteiger charge is 2.27.